The maximum absolute atomic E-state index is 6.18. The van der Waals surface area contributed by atoms with Crippen LogP contribution in [0, 0.1) is 5.92 Å². The third kappa shape index (κ3) is 3.37. The van der Waals surface area contributed by atoms with E-state index in [2.05, 4.69) is 19.2 Å². The van der Waals surface area contributed by atoms with E-state index >= 15 is 0 Å². The van der Waals surface area contributed by atoms with Crippen molar-refractivity contribution in [3.05, 3.63) is 33.8 Å². The van der Waals surface area contributed by atoms with E-state index in [1.54, 1.807) is 0 Å². The summed E-state index contributed by atoms with van der Waals surface area (Å²) in [6.07, 6.45) is 1.05. The molecule has 15 heavy (non-hydrogen) atoms. The molecule has 0 saturated carbocycles. The van der Waals surface area contributed by atoms with Gasteiger partial charge in [0, 0.05) is 6.04 Å². The Bertz CT molecular complexity index is 323. The van der Waals surface area contributed by atoms with Crippen molar-refractivity contribution in [1.82, 2.24) is 5.32 Å². The van der Waals surface area contributed by atoms with E-state index in [0.717, 1.165) is 12.0 Å². The van der Waals surface area contributed by atoms with Crippen molar-refractivity contribution in [2.24, 2.45) is 5.92 Å². The summed E-state index contributed by atoms with van der Waals surface area (Å²) in [4.78, 5) is 0. The van der Waals surface area contributed by atoms with Gasteiger partial charge in [0.1, 0.15) is 0 Å². The first-order valence-electron chi connectivity index (χ1n) is 5.17. The van der Waals surface area contributed by atoms with Crippen molar-refractivity contribution in [1.29, 1.82) is 0 Å². The zero-order valence-corrected chi connectivity index (χ0v) is 10.9. The fourth-order valence-corrected chi connectivity index (χ4v) is 2.10. The van der Waals surface area contributed by atoms with Gasteiger partial charge >= 0.3 is 0 Å². The van der Waals surface area contributed by atoms with Crippen LogP contribution in [-0.4, -0.2) is 7.05 Å². The average molecular weight is 246 g/mol. The lowest BCUT2D eigenvalue weighted by atomic mass is 9.97. The normalized spacial score (nSPS) is 13.2. The van der Waals surface area contributed by atoms with E-state index in [1.807, 2.05) is 25.2 Å². The van der Waals surface area contributed by atoms with E-state index in [1.165, 1.54) is 0 Å². The van der Waals surface area contributed by atoms with Gasteiger partial charge in [0.2, 0.25) is 0 Å². The lowest BCUT2D eigenvalue weighted by Crippen LogP contribution is -2.18. The fourth-order valence-electron chi connectivity index (χ4n) is 1.66. The number of halogens is 2. The van der Waals surface area contributed by atoms with E-state index < -0.39 is 0 Å². The molecular weight excluding hydrogens is 229 g/mol. The summed E-state index contributed by atoms with van der Waals surface area (Å²) in [7, 11) is 1.95. The molecule has 84 valence electrons. The minimum atomic E-state index is 0.274. The van der Waals surface area contributed by atoms with Gasteiger partial charge in [-0.3, -0.25) is 0 Å². The Labute approximate surface area is 102 Å². The predicted octanol–water partition coefficient (Wildman–Crippen LogP) is 4.30. The SMILES string of the molecule is CNC(CC(C)C)c1cccc(Cl)c1Cl. The van der Waals surface area contributed by atoms with Gasteiger partial charge in [-0.25, -0.2) is 0 Å². The second kappa shape index (κ2) is 5.74. The highest BCUT2D eigenvalue weighted by Crippen LogP contribution is 2.32. The molecular formula is C12H17Cl2N. The van der Waals surface area contributed by atoms with Crippen LogP contribution in [0.3, 0.4) is 0 Å². The molecule has 0 aromatic heterocycles. The zero-order valence-electron chi connectivity index (χ0n) is 9.35. The van der Waals surface area contributed by atoms with Crippen LogP contribution in [0.4, 0.5) is 0 Å². The monoisotopic (exact) mass is 245 g/mol. The molecule has 0 fully saturated rings. The van der Waals surface area contributed by atoms with Crippen molar-refractivity contribution in [2.45, 2.75) is 26.3 Å². The minimum Gasteiger partial charge on any atom is -0.313 e. The van der Waals surface area contributed by atoms with Crippen LogP contribution in [0.2, 0.25) is 10.0 Å². The predicted molar refractivity (Wildman–Crippen MR) is 67.7 cm³/mol. The third-order valence-corrected chi connectivity index (χ3v) is 3.25. The summed E-state index contributed by atoms with van der Waals surface area (Å²) < 4.78 is 0. The smallest absolute Gasteiger partial charge is 0.0640 e. The molecule has 1 unspecified atom stereocenters. The second-order valence-electron chi connectivity index (χ2n) is 4.11. The minimum absolute atomic E-state index is 0.274. The summed E-state index contributed by atoms with van der Waals surface area (Å²) in [5.74, 6) is 0.623. The molecule has 0 heterocycles. The summed E-state index contributed by atoms with van der Waals surface area (Å²) in [5.41, 5.74) is 1.08. The van der Waals surface area contributed by atoms with Crippen LogP contribution in [0.15, 0.2) is 18.2 Å². The van der Waals surface area contributed by atoms with Crippen LogP contribution in [0.5, 0.6) is 0 Å². The number of nitrogens with one attached hydrogen (secondary N) is 1. The van der Waals surface area contributed by atoms with Gasteiger partial charge in [-0.05, 0) is 31.0 Å². The van der Waals surface area contributed by atoms with E-state index in [0.29, 0.717) is 16.0 Å². The van der Waals surface area contributed by atoms with Gasteiger partial charge < -0.3 is 5.32 Å². The first-order chi connectivity index (χ1) is 7.06. The van der Waals surface area contributed by atoms with Gasteiger partial charge in [-0.1, -0.05) is 49.2 Å². The molecule has 0 saturated heterocycles. The summed E-state index contributed by atoms with van der Waals surface area (Å²) in [6.45, 7) is 4.39. The molecule has 1 atom stereocenters. The molecule has 1 aromatic carbocycles. The van der Waals surface area contributed by atoms with Crippen LogP contribution >= 0.6 is 23.2 Å². The Kier molecular flexibility index (Phi) is 4.91. The Hall–Kier alpha value is -0.240. The Balaban J connectivity index is 2.96. The van der Waals surface area contributed by atoms with Crippen LogP contribution in [-0.2, 0) is 0 Å². The van der Waals surface area contributed by atoms with Gasteiger partial charge in [-0.2, -0.15) is 0 Å². The maximum atomic E-state index is 6.18. The molecule has 3 heteroatoms. The number of benzene rings is 1. The molecule has 0 aliphatic rings. The quantitative estimate of drug-likeness (QED) is 0.835. The van der Waals surface area contributed by atoms with Crippen molar-refractivity contribution >= 4 is 23.2 Å². The lowest BCUT2D eigenvalue weighted by molar-refractivity contribution is 0.457. The maximum Gasteiger partial charge on any atom is 0.0640 e. The van der Waals surface area contributed by atoms with E-state index in [-0.39, 0.29) is 6.04 Å². The fraction of sp³-hybridized carbons (Fsp3) is 0.500. The highest BCUT2D eigenvalue weighted by atomic mass is 35.5. The number of rotatable bonds is 4. The van der Waals surface area contributed by atoms with E-state index in [4.69, 9.17) is 23.2 Å². The lowest BCUT2D eigenvalue weighted by Gasteiger charge is -2.20. The van der Waals surface area contributed by atoms with Crippen LogP contribution < -0.4 is 5.32 Å². The Morgan fingerprint density at radius 3 is 2.47 bits per heavy atom. The van der Waals surface area contributed by atoms with E-state index in [9.17, 15) is 0 Å². The van der Waals surface area contributed by atoms with Gasteiger partial charge in [0.05, 0.1) is 10.0 Å². The zero-order chi connectivity index (χ0) is 11.4. The molecule has 0 amide bonds. The average Bonchev–Trinajstić information content (AvgIpc) is 2.19. The van der Waals surface area contributed by atoms with Gasteiger partial charge in [-0.15, -0.1) is 0 Å². The highest BCUT2D eigenvalue weighted by Gasteiger charge is 2.15. The standard InChI is InChI=1S/C12H17Cl2N/c1-8(2)7-11(15-3)9-5-4-6-10(13)12(9)14/h4-6,8,11,15H,7H2,1-3H3. The number of hydrogen-bond donors (Lipinski definition) is 1. The van der Waals surface area contributed by atoms with Gasteiger partial charge in [0.25, 0.3) is 0 Å². The Morgan fingerprint density at radius 2 is 1.93 bits per heavy atom. The molecule has 0 aliphatic heterocycles. The summed E-state index contributed by atoms with van der Waals surface area (Å²) >= 11 is 12.2. The Morgan fingerprint density at radius 1 is 1.27 bits per heavy atom. The van der Waals surface area contributed by atoms with Crippen LogP contribution in [0.1, 0.15) is 31.9 Å². The van der Waals surface area contributed by atoms with Crippen molar-refractivity contribution in [2.75, 3.05) is 7.05 Å². The van der Waals surface area contributed by atoms with Crippen molar-refractivity contribution in [3.8, 4) is 0 Å². The first-order valence-corrected chi connectivity index (χ1v) is 5.93. The summed E-state index contributed by atoms with van der Waals surface area (Å²) in [5, 5.41) is 4.56. The molecule has 1 rings (SSSR count). The molecule has 0 bridgehead atoms. The molecule has 1 nitrogen and oxygen atoms in total. The first kappa shape index (κ1) is 12.8. The molecule has 1 aromatic rings. The summed E-state index contributed by atoms with van der Waals surface area (Å²) in [6, 6.07) is 6.05. The molecule has 1 N–H and O–H groups in total. The van der Waals surface area contributed by atoms with Crippen molar-refractivity contribution in [3.63, 3.8) is 0 Å². The highest BCUT2D eigenvalue weighted by molar-refractivity contribution is 6.42. The molecule has 0 aliphatic carbocycles. The van der Waals surface area contributed by atoms with Gasteiger partial charge in [0.15, 0.2) is 0 Å². The number of hydrogen-bond acceptors (Lipinski definition) is 1. The molecule has 0 spiro atoms. The third-order valence-electron chi connectivity index (χ3n) is 2.41. The van der Waals surface area contributed by atoms with Crippen LogP contribution in [0.25, 0.3) is 0 Å². The largest absolute Gasteiger partial charge is 0.313 e. The van der Waals surface area contributed by atoms with Crippen molar-refractivity contribution < 1.29 is 0 Å². The molecule has 0 radical (unpaired) electrons. The topological polar surface area (TPSA) is 12.0 Å². The second-order valence-corrected chi connectivity index (χ2v) is 4.90.